The lowest BCUT2D eigenvalue weighted by Crippen LogP contribution is -2.24. The van der Waals surface area contributed by atoms with Gasteiger partial charge < -0.3 is 14.7 Å². The molecule has 6 heteroatoms. The minimum absolute atomic E-state index is 0.0415. The zero-order chi connectivity index (χ0) is 16.7. The number of nitrogens with zero attached hydrogens (tertiary/aromatic N) is 2. The number of methoxy groups -OCH3 is 1. The van der Waals surface area contributed by atoms with Crippen molar-refractivity contribution >= 4 is 11.4 Å². The number of para-hydroxylation sites is 1. The summed E-state index contributed by atoms with van der Waals surface area (Å²) in [4.78, 5) is 12.8. The van der Waals surface area contributed by atoms with Crippen LogP contribution in [0.2, 0.25) is 0 Å². The van der Waals surface area contributed by atoms with Crippen LogP contribution in [0.3, 0.4) is 0 Å². The Morgan fingerprint density at radius 1 is 1.22 bits per heavy atom. The van der Waals surface area contributed by atoms with Crippen LogP contribution in [0.15, 0.2) is 48.5 Å². The van der Waals surface area contributed by atoms with E-state index >= 15 is 0 Å². The standard InChI is InChI=1S/C17H20N2O4/c1-23-17-9-8-14(12-16(17)19(21)22)13-18(10-5-11-20)15-6-3-2-4-7-15/h2-4,6-9,12,20H,5,10-11,13H2,1H3. The van der Waals surface area contributed by atoms with Gasteiger partial charge in [-0.15, -0.1) is 0 Å². The third-order valence-corrected chi connectivity index (χ3v) is 3.52. The number of anilines is 1. The van der Waals surface area contributed by atoms with E-state index in [4.69, 9.17) is 9.84 Å². The molecule has 0 amide bonds. The van der Waals surface area contributed by atoms with E-state index in [0.717, 1.165) is 11.3 Å². The van der Waals surface area contributed by atoms with E-state index in [1.165, 1.54) is 13.2 Å². The second-order valence-electron chi connectivity index (χ2n) is 5.10. The van der Waals surface area contributed by atoms with Crippen molar-refractivity contribution in [1.29, 1.82) is 0 Å². The molecule has 0 heterocycles. The number of rotatable bonds is 8. The molecule has 2 aromatic carbocycles. The number of benzene rings is 2. The lowest BCUT2D eigenvalue weighted by atomic mass is 10.1. The topological polar surface area (TPSA) is 75.8 Å². The Morgan fingerprint density at radius 3 is 2.57 bits per heavy atom. The molecule has 1 N–H and O–H groups in total. The third kappa shape index (κ3) is 4.43. The number of nitro groups is 1. The summed E-state index contributed by atoms with van der Waals surface area (Å²) in [5.41, 5.74) is 1.79. The van der Waals surface area contributed by atoms with E-state index in [9.17, 15) is 10.1 Å². The summed E-state index contributed by atoms with van der Waals surface area (Å²) < 4.78 is 5.03. The highest BCUT2D eigenvalue weighted by atomic mass is 16.6. The van der Waals surface area contributed by atoms with Crippen molar-refractivity contribution in [3.05, 3.63) is 64.2 Å². The van der Waals surface area contributed by atoms with Crippen molar-refractivity contribution in [3.8, 4) is 5.75 Å². The first-order valence-electron chi connectivity index (χ1n) is 7.38. The monoisotopic (exact) mass is 316 g/mol. The SMILES string of the molecule is COc1ccc(CN(CCCO)c2ccccc2)cc1[N+](=O)[O-]. The van der Waals surface area contributed by atoms with E-state index in [1.807, 2.05) is 36.4 Å². The summed E-state index contributed by atoms with van der Waals surface area (Å²) in [5, 5.41) is 20.2. The maximum absolute atomic E-state index is 11.1. The van der Waals surface area contributed by atoms with Crippen LogP contribution in [0.5, 0.6) is 5.75 Å². The lowest BCUT2D eigenvalue weighted by Gasteiger charge is -2.24. The Hall–Kier alpha value is -2.60. The molecule has 0 saturated carbocycles. The third-order valence-electron chi connectivity index (χ3n) is 3.52. The van der Waals surface area contributed by atoms with Gasteiger partial charge in [-0.25, -0.2) is 0 Å². The van der Waals surface area contributed by atoms with Gasteiger partial charge in [0, 0.05) is 31.5 Å². The average molecular weight is 316 g/mol. The highest BCUT2D eigenvalue weighted by molar-refractivity contribution is 5.51. The number of hydrogen-bond donors (Lipinski definition) is 1. The van der Waals surface area contributed by atoms with Crippen LogP contribution in [-0.4, -0.2) is 30.3 Å². The van der Waals surface area contributed by atoms with E-state index in [-0.39, 0.29) is 18.0 Å². The van der Waals surface area contributed by atoms with Gasteiger partial charge in [-0.2, -0.15) is 0 Å². The van der Waals surface area contributed by atoms with Crippen LogP contribution in [0.1, 0.15) is 12.0 Å². The number of hydrogen-bond acceptors (Lipinski definition) is 5. The van der Waals surface area contributed by atoms with Gasteiger partial charge in [0.1, 0.15) is 0 Å². The molecule has 0 unspecified atom stereocenters. The molecular formula is C17H20N2O4. The van der Waals surface area contributed by atoms with Crippen molar-refractivity contribution in [3.63, 3.8) is 0 Å². The summed E-state index contributed by atoms with van der Waals surface area (Å²) in [6, 6.07) is 14.8. The second-order valence-corrected chi connectivity index (χ2v) is 5.10. The molecular weight excluding hydrogens is 296 g/mol. The highest BCUT2D eigenvalue weighted by Gasteiger charge is 2.16. The van der Waals surface area contributed by atoms with Gasteiger partial charge >= 0.3 is 5.69 Å². The normalized spacial score (nSPS) is 10.3. The minimum atomic E-state index is -0.442. The van der Waals surface area contributed by atoms with Crippen LogP contribution in [0.4, 0.5) is 11.4 Å². The fraction of sp³-hybridized carbons (Fsp3) is 0.294. The quantitative estimate of drug-likeness (QED) is 0.598. The van der Waals surface area contributed by atoms with Gasteiger partial charge in [0.15, 0.2) is 5.75 Å². The fourth-order valence-corrected chi connectivity index (χ4v) is 2.40. The molecule has 0 aromatic heterocycles. The van der Waals surface area contributed by atoms with Crippen molar-refractivity contribution in [2.45, 2.75) is 13.0 Å². The van der Waals surface area contributed by atoms with Crippen molar-refractivity contribution in [1.82, 2.24) is 0 Å². The highest BCUT2D eigenvalue weighted by Crippen LogP contribution is 2.28. The summed E-state index contributed by atoms with van der Waals surface area (Å²) in [5.74, 6) is 0.250. The van der Waals surface area contributed by atoms with Crippen LogP contribution >= 0.6 is 0 Å². The fourth-order valence-electron chi connectivity index (χ4n) is 2.40. The minimum Gasteiger partial charge on any atom is -0.490 e. The van der Waals surface area contributed by atoms with E-state index in [2.05, 4.69) is 4.90 Å². The zero-order valence-corrected chi connectivity index (χ0v) is 13.0. The zero-order valence-electron chi connectivity index (χ0n) is 13.0. The molecule has 23 heavy (non-hydrogen) atoms. The molecule has 122 valence electrons. The first kappa shape index (κ1) is 16.8. The number of ether oxygens (including phenoxy) is 1. The van der Waals surface area contributed by atoms with Crippen LogP contribution in [0, 0.1) is 10.1 Å². The van der Waals surface area contributed by atoms with Crippen LogP contribution in [0.25, 0.3) is 0 Å². The average Bonchev–Trinajstić information content (AvgIpc) is 2.59. The van der Waals surface area contributed by atoms with Crippen molar-refractivity contribution < 1.29 is 14.8 Å². The number of aliphatic hydroxyl groups excluding tert-OH is 1. The summed E-state index contributed by atoms with van der Waals surface area (Å²) in [7, 11) is 1.42. The Kier molecular flexibility index (Phi) is 5.94. The molecule has 0 bridgehead atoms. The molecule has 0 aliphatic carbocycles. The van der Waals surface area contributed by atoms with Gasteiger partial charge in [-0.3, -0.25) is 10.1 Å². The molecule has 0 saturated heterocycles. The van der Waals surface area contributed by atoms with Crippen LogP contribution in [-0.2, 0) is 6.54 Å². The van der Waals surface area contributed by atoms with Gasteiger partial charge in [-0.05, 0) is 30.2 Å². The molecule has 0 spiro atoms. The Morgan fingerprint density at radius 2 is 1.96 bits per heavy atom. The summed E-state index contributed by atoms with van der Waals surface area (Å²) >= 11 is 0. The smallest absolute Gasteiger partial charge is 0.311 e. The molecule has 0 atom stereocenters. The predicted molar refractivity (Wildman–Crippen MR) is 88.8 cm³/mol. The van der Waals surface area contributed by atoms with E-state index < -0.39 is 4.92 Å². The van der Waals surface area contributed by atoms with E-state index in [0.29, 0.717) is 19.5 Å². The second kappa shape index (κ2) is 8.14. The molecule has 0 aliphatic rings. The van der Waals surface area contributed by atoms with Gasteiger partial charge in [0.05, 0.1) is 12.0 Å². The summed E-state index contributed by atoms with van der Waals surface area (Å²) in [6.07, 6.45) is 0.632. The van der Waals surface area contributed by atoms with Crippen molar-refractivity contribution in [2.75, 3.05) is 25.2 Å². The van der Waals surface area contributed by atoms with Crippen molar-refractivity contribution in [2.24, 2.45) is 0 Å². The Balaban J connectivity index is 2.25. The van der Waals surface area contributed by atoms with E-state index in [1.54, 1.807) is 6.07 Å². The maximum atomic E-state index is 11.1. The Labute approximate surface area is 135 Å². The molecule has 2 aromatic rings. The molecule has 0 fully saturated rings. The molecule has 2 rings (SSSR count). The largest absolute Gasteiger partial charge is 0.490 e. The first-order valence-corrected chi connectivity index (χ1v) is 7.38. The first-order chi connectivity index (χ1) is 11.2. The molecule has 0 aliphatic heterocycles. The lowest BCUT2D eigenvalue weighted by molar-refractivity contribution is -0.385. The van der Waals surface area contributed by atoms with Gasteiger partial charge in [-0.1, -0.05) is 24.3 Å². The van der Waals surface area contributed by atoms with Crippen LogP contribution < -0.4 is 9.64 Å². The summed E-state index contributed by atoms with van der Waals surface area (Å²) in [6.45, 7) is 1.29. The van der Waals surface area contributed by atoms with Gasteiger partial charge in [0.2, 0.25) is 0 Å². The van der Waals surface area contributed by atoms with Gasteiger partial charge in [0.25, 0.3) is 0 Å². The predicted octanol–water partition coefficient (Wildman–Crippen LogP) is 2.99. The number of nitro benzene ring substituents is 1. The molecule has 0 radical (unpaired) electrons. The maximum Gasteiger partial charge on any atom is 0.311 e. The Bertz CT molecular complexity index is 646. The molecule has 6 nitrogen and oxygen atoms in total. The number of aliphatic hydroxyl groups is 1.